The van der Waals surface area contributed by atoms with Crippen molar-refractivity contribution in [2.75, 3.05) is 0 Å². The van der Waals surface area contributed by atoms with E-state index < -0.39 is 17.3 Å². The first-order valence-electron chi connectivity index (χ1n) is 4.50. The summed E-state index contributed by atoms with van der Waals surface area (Å²) in [6, 6.07) is 9.25. The molecule has 0 bridgehead atoms. The summed E-state index contributed by atoms with van der Waals surface area (Å²) in [4.78, 5) is 21.7. The molecule has 80 valence electrons. The van der Waals surface area contributed by atoms with Crippen molar-refractivity contribution in [2.24, 2.45) is 0 Å². The van der Waals surface area contributed by atoms with Crippen molar-refractivity contribution in [3.8, 4) is 0 Å². The number of rotatable bonds is 4. The zero-order chi connectivity index (χ0) is 11.3. The van der Waals surface area contributed by atoms with Crippen LogP contribution in [0.3, 0.4) is 0 Å². The Labute approximate surface area is 93.0 Å². The first kappa shape index (κ1) is 11.7. The van der Waals surface area contributed by atoms with E-state index in [2.05, 4.69) is 0 Å². The maximum absolute atomic E-state index is 11.0. The summed E-state index contributed by atoms with van der Waals surface area (Å²) in [6.07, 6.45) is -0.588. The zero-order valence-corrected chi connectivity index (χ0v) is 9.03. The fraction of sp³-hybridized carbons (Fsp3) is 0.273. The summed E-state index contributed by atoms with van der Waals surface area (Å²) in [5, 5.41) is -0.658. The molecule has 0 amide bonds. The molecule has 1 rings (SSSR count). The van der Waals surface area contributed by atoms with Gasteiger partial charge in [0.15, 0.2) is 6.10 Å². The van der Waals surface area contributed by atoms with Crippen LogP contribution in [0.2, 0.25) is 0 Å². The summed E-state index contributed by atoms with van der Waals surface area (Å²) in [5.74, 6) is -0.509. The molecule has 0 fully saturated rings. The standard InChI is InChI=1S/C11H11ClO3/c1-8(13)15-10(11(12)14)7-9-5-3-2-4-6-9/h2-6,10H,7H2,1H3. The molecule has 15 heavy (non-hydrogen) atoms. The van der Waals surface area contributed by atoms with Gasteiger partial charge in [-0.05, 0) is 17.2 Å². The lowest BCUT2D eigenvalue weighted by Crippen LogP contribution is -2.25. The molecule has 0 heterocycles. The van der Waals surface area contributed by atoms with Crippen LogP contribution in [0, 0.1) is 0 Å². The van der Waals surface area contributed by atoms with Crippen LogP contribution in [0.4, 0.5) is 0 Å². The van der Waals surface area contributed by atoms with Crippen molar-refractivity contribution in [3.63, 3.8) is 0 Å². The molecule has 0 saturated heterocycles. The fourth-order valence-electron chi connectivity index (χ4n) is 1.20. The lowest BCUT2D eigenvalue weighted by molar-refractivity contribution is -0.150. The van der Waals surface area contributed by atoms with Gasteiger partial charge >= 0.3 is 5.97 Å². The molecule has 0 spiro atoms. The summed E-state index contributed by atoms with van der Waals surface area (Å²) in [6.45, 7) is 1.25. The Kier molecular flexibility index (Phi) is 4.31. The second kappa shape index (κ2) is 5.51. The molecule has 1 aromatic carbocycles. The van der Waals surface area contributed by atoms with Crippen molar-refractivity contribution in [1.82, 2.24) is 0 Å². The van der Waals surface area contributed by atoms with Crippen molar-refractivity contribution in [2.45, 2.75) is 19.4 Å². The largest absolute Gasteiger partial charge is 0.453 e. The SMILES string of the molecule is CC(=O)OC(Cc1ccccc1)C(=O)Cl. The predicted molar refractivity (Wildman–Crippen MR) is 56.6 cm³/mol. The monoisotopic (exact) mass is 226 g/mol. The molecule has 0 aromatic heterocycles. The number of halogens is 1. The van der Waals surface area contributed by atoms with Gasteiger partial charge < -0.3 is 4.74 Å². The van der Waals surface area contributed by atoms with Crippen LogP contribution in [0.5, 0.6) is 0 Å². The van der Waals surface area contributed by atoms with Gasteiger partial charge in [-0.1, -0.05) is 30.3 Å². The van der Waals surface area contributed by atoms with E-state index in [0.29, 0.717) is 6.42 Å². The van der Waals surface area contributed by atoms with Gasteiger partial charge in [0.05, 0.1) is 0 Å². The average Bonchev–Trinajstić information content (AvgIpc) is 2.17. The minimum absolute atomic E-state index is 0.308. The van der Waals surface area contributed by atoms with Gasteiger partial charge in [0.25, 0.3) is 5.24 Å². The second-order valence-electron chi connectivity index (χ2n) is 3.09. The smallest absolute Gasteiger partial charge is 0.303 e. The molecule has 1 aromatic rings. The van der Waals surface area contributed by atoms with E-state index in [0.717, 1.165) is 5.56 Å². The molecule has 0 aliphatic rings. The maximum Gasteiger partial charge on any atom is 0.303 e. The number of carbonyl (C=O) groups excluding carboxylic acids is 2. The van der Waals surface area contributed by atoms with E-state index in [4.69, 9.17) is 16.3 Å². The zero-order valence-electron chi connectivity index (χ0n) is 8.27. The molecular weight excluding hydrogens is 216 g/mol. The summed E-state index contributed by atoms with van der Waals surface area (Å²) in [7, 11) is 0. The van der Waals surface area contributed by atoms with Gasteiger partial charge in [-0.3, -0.25) is 9.59 Å². The van der Waals surface area contributed by atoms with Gasteiger partial charge in [0, 0.05) is 13.3 Å². The third-order valence-corrected chi connectivity index (χ3v) is 2.07. The van der Waals surface area contributed by atoms with Gasteiger partial charge in [-0.15, -0.1) is 0 Å². The lowest BCUT2D eigenvalue weighted by atomic mass is 10.1. The molecule has 0 N–H and O–H groups in total. The highest BCUT2D eigenvalue weighted by molar-refractivity contribution is 6.64. The molecule has 0 saturated carbocycles. The number of carbonyl (C=O) groups is 2. The van der Waals surface area contributed by atoms with E-state index in [1.165, 1.54) is 6.92 Å². The lowest BCUT2D eigenvalue weighted by Gasteiger charge is -2.12. The van der Waals surface area contributed by atoms with Crippen LogP contribution in [0.15, 0.2) is 30.3 Å². The Morgan fingerprint density at radius 2 is 1.93 bits per heavy atom. The Balaban J connectivity index is 2.67. The minimum Gasteiger partial charge on any atom is -0.453 e. The predicted octanol–water partition coefficient (Wildman–Crippen LogP) is 1.93. The highest BCUT2D eigenvalue weighted by Gasteiger charge is 2.19. The topological polar surface area (TPSA) is 43.4 Å². The number of benzene rings is 1. The van der Waals surface area contributed by atoms with Crippen molar-refractivity contribution < 1.29 is 14.3 Å². The molecule has 1 unspecified atom stereocenters. The molecule has 4 heteroatoms. The van der Waals surface area contributed by atoms with Crippen molar-refractivity contribution in [3.05, 3.63) is 35.9 Å². The molecule has 0 aliphatic heterocycles. The Bertz CT molecular complexity index is 348. The van der Waals surface area contributed by atoms with Gasteiger partial charge in [0.1, 0.15) is 0 Å². The van der Waals surface area contributed by atoms with Crippen LogP contribution in [-0.4, -0.2) is 17.3 Å². The van der Waals surface area contributed by atoms with Gasteiger partial charge in [-0.2, -0.15) is 0 Å². The van der Waals surface area contributed by atoms with Crippen LogP contribution in [0.1, 0.15) is 12.5 Å². The molecular formula is C11H11ClO3. The number of esters is 1. The number of hydrogen-bond acceptors (Lipinski definition) is 3. The van der Waals surface area contributed by atoms with Crippen LogP contribution in [0.25, 0.3) is 0 Å². The van der Waals surface area contributed by atoms with Crippen LogP contribution >= 0.6 is 11.6 Å². The van der Waals surface area contributed by atoms with E-state index in [1.807, 2.05) is 30.3 Å². The van der Waals surface area contributed by atoms with E-state index in [1.54, 1.807) is 0 Å². The molecule has 3 nitrogen and oxygen atoms in total. The quantitative estimate of drug-likeness (QED) is 0.582. The maximum atomic E-state index is 11.0. The first-order valence-corrected chi connectivity index (χ1v) is 4.88. The molecule has 0 aliphatic carbocycles. The molecule has 1 atom stereocenters. The van der Waals surface area contributed by atoms with E-state index in [9.17, 15) is 9.59 Å². The Morgan fingerprint density at radius 1 is 1.33 bits per heavy atom. The van der Waals surface area contributed by atoms with E-state index in [-0.39, 0.29) is 0 Å². The third kappa shape index (κ3) is 4.13. The summed E-state index contributed by atoms with van der Waals surface area (Å²) >= 11 is 5.32. The highest BCUT2D eigenvalue weighted by atomic mass is 35.5. The summed E-state index contributed by atoms with van der Waals surface area (Å²) in [5.41, 5.74) is 0.901. The molecule has 0 radical (unpaired) electrons. The normalized spacial score (nSPS) is 11.9. The Morgan fingerprint density at radius 3 is 2.40 bits per heavy atom. The first-order chi connectivity index (χ1) is 7.09. The third-order valence-electron chi connectivity index (χ3n) is 1.83. The van der Waals surface area contributed by atoms with Crippen LogP contribution < -0.4 is 0 Å². The van der Waals surface area contributed by atoms with E-state index >= 15 is 0 Å². The second-order valence-corrected chi connectivity index (χ2v) is 3.46. The van der Waals surface area contributed by atoms with Crippen molar-refractivity contribution >= 4 is 22.8 Å². The minimum atomic E-state index is -0.897. The number of ether oxygens (including phenoxy) is 1. The highest BCUT2D eigenvalue weighted by Crippen LogP contribution is 2.08. The van der Waals surface area contributed by atoms with Crippen molar-refractivity contribution in [1.29, 1.82) is 0 Å². The Hall–Kier alpha value is -1.35. The average molecular weight is 227 g/mol. The van der Waals surface area contributed by atoms with Gasteiger partial charge in [-0.25, -0.2) is 0 Å². The summed E-state index contributed by atoms with van der Waals surface area (Å²) < 4.78 is 4.80. The van der Waals surface area contributed by atoms with Gasteiger partial charge in [0.2, 0.25) is 0 Å². The number of hydrogen-bond donors (Lipinski definition) is 0. The fourth-order valence-corrected chi connectivity index (χ4v) is 1.32. The van der Waals surface area contributed by atoms with Crippen LogP contribution in [-0.2, 0) is 20.7 Å².